The van der Waals surface area contributed by atoms with E-state index in [2.05, 4.69) is 51.1 Å². The molecule has 8 nitrogen and oxygen atoms in total. The lowest BCUT2D eigenvalue weighted by atomic mass is 10.1. The van der Waals surface area contributed by atoms with E-state index in [0.717, 1.165) is 14.4 Å². The van der Waals surface area contributed by atoms with Gasteiger partial charge in [0.15, 0.2) is 20.2 Å². The van der Waals surface area contributed by atoms with Crippen LogP contribution in [-0.2, 0) is 15.3 Å². The number of nitrogens with zero attached hydrogens (tertiary/aromatic N) is 3. The van der Waals surface area contributed by atoms with Gasteiger partial charge in [-0.05, 0) is 40.1 Å². The van der Waals surface area contributed by atoms with Gasteiger partial charge in [-0.25, -0.2) is 5.43 Å². The van der Waals surface area contributed by atoms with Gasteiger partial charge in [0.1, 0.15) is 0 Å². The lowest BCUT2D eigenvalue weighted by Crippen LogP contribution is -2.19. The topological polar surface area (TPSA) is 103 Å². The van der Waals surface area contributed by atoms with Crippen molar-refractivity contribution in [3.05, 3.63) is 71.8 Å². The Kier molecular flexibility index (Phi) is 8.93. The van der Waals surface area contributed by atoms with Gasteiger partial charge in [0.05, 0.1) is 19.1 Å². The zero-order chi connectivity index (χ0) is 25.3. The normalized spacial score (nSPS) is 11.1. The van der Waals surface area contributed by atoms with Crippen LogP contribution in [0.3, 0.4) is 0 Å². The van der Waals surface area contributed by atoms with Crippen molar-refractivity contribution < 1.29 is 19.1 Å². The van der Waals surface area contributed by atoms with E-state index in [0.29, 0.717) is 17.1 Å². The molecule has 36 heavy (non-hydrogen) atoms. The second kappa shape index (κ2) is 12.5. The Balaban J connectivity index is 1.25. The molecule has 11 heteroatoms. The van der Waals surface area contributed by atoms with Crippen molar-refractivity contribution in [2.45, 2.75) is 21.4 Å². The molecule has 0 aliphatic heterocycles. The molecule has 0 radical (unpaired) electrons. The Hall–Kier alpha value is -3.41. The lowest BCUT2D eigenvalue weighted by molar-refractivity contribution is -0.132. The predicted octanol–water partition coefficient (Wildman–Crippen LogP) is 5.16. The SMILES string of the molecule is COc1cc(C=NNC(=O)CSc2nnc(SCc3cccc4ccccc34)s2)ccc1OC(C)=O. The largest absolute Gasteiger partial charge is 0.493 e. The number of hydrogen-bond acceptors (Lipinski definition) is 10. The molecule has 0 bridgehead atoms. The summed E-state index contributed by atoms with van der Waals surface area (Å²) in [6, 6.07) is 19.6. The van der Waals surface area contributed by atoms with Crippen LogP contribution in [0.15, 0.2) is 74.4 Å². The third-order valence-corrected chi connectivity index (χ3v) is 8.03. The highest BCUT2D eigenvalue weighted by atomic mass is 32.2. The summed E-state index contributed by atoms with van der Waals surface area (Å²) in [7, 11) is 1.48. The van der Waals surface area contributed by atoms with E-state index in [-0.39, 0.29) is 11.7 Å². The fourth-order valence-corrected chi connectivity index (χ4v) is 6.03. The molecule has 184 valence electrons. The molecule has 3 aromatic carbocycles. The number of thioether (sulfide) groups is 2. The zero-order valence-electron chi connectivity index (χ0n) is 19.5. The monoisotopic (exact) mass is 538 g/mol. The highest BCUT2D eigenvalue weighted by Crippen LogP contribution is 2.32. The molecule has 1 amide bonds. The predicted molar refractivity (Wildman–Crippen MR) is 144 cm³/mol. The van der Waals surface area contributed by atoms with Crippen molar-refractivity contribution in [1.29, 1.82) is 0 Å². The number of carbonyl (C=O) groups is 2. The van der Waals surface area contributed by atoms with E-state index in [4.69, 9.17) is 9.47 Å². The van der Waals surface area contributed by atoms with Crippen molar-refractivity contribution in [3.8, 4) is 11.5 Å². The smallest absolute Gasteiger partial charge is 0.308 e. The number of ether oxygens (including phenoxy) is 2. The van der Waals surface area contributed by atoms with Gasteiger partial charge in [0.2, 0.25) is 0 Å². The summed E-state index contributed by atoms with van der Waals surface area (Å²) in [4.78, 5) is 23.3. The molecule has 0 unspecified atom stereocenters. The van der Waals surface area contributed by atoms with Gasteiger partial charge in [0.25, 0.3) is 5.91 Å². The van der Waals surface area contributed by atoms with Crippen LogP contribution in [0.25, 0.3) is 10.8 Å². The second-order valence-corrected chi connectivity index (χ2v) is 10.8. The maximum Gasteiger partial charge on any atom is 0.308 e. The third kappa shape index (κ3) is 7.06. The summed E-state index contributed by atoms with van der Waals surface area (Å²) >= 11 is 4.41. The zero-order valence-corrected chi connectivity index (χ0v) is 21.9. The Labute approximate surface area is 220 Å². The first-order valence-electron chi connectivity index (χ1n) is 10.8. The number of rotatable bonds is 10. The number of hydrazone groups is 1. The van der Waals surface area contributed by atoms with Crippen molar-refractivity contribution in [1.82, 2.24) is 15.6 Å². The molecular formula is C25H22N4O4S3. The van der Waals surface area contributed by atoms with Gasteiger partial charge in [-0.3, -0.25) is 9.59 Å². The molecule has 0 aliphatic rings. The van der Waals surface area contributed by atoms with Crippen LogP contribution in [0.4, 0.5) is 0 Å². The second-order valence-electron chi connectivity index (χ2n) is 7.35. The van der Waals surface area contributed by atoms with E-state index in [9.17, 15) is 9.59 Å². The minimum Gasteiger partial charge on any atom is -0.493 e. The summed E-state index contributed by atoms with van der Waals surface area (Å²) in [6.07, 6.45) is 1.48. The number of fused-ring (bicyclic) bond motifs is 1. The molecule has 4 rings (SSSR count). The van der Waals surface area contributed by atoms with Gasteiger partial charge < -0.3 is 9.47 Å². The minimum absolute atomic E-state index is 0.161. The first-order chi connectivity index (χ1) is 17.5. The Morgan fingerprint density at radius 2 is 1.81 bits per heavy atom. The average Bonchev–Trinajstić information content (AvgIpc) is 3.34. The van der Waals surface area contributed by atoms with Gasteiger partial charge in [-0.2, -0.15) is 5.10 Å². The van der Waals surface area contributed by atoms with Gasteiger partial charge in [0, 0.05) is 12.7 Å². The highest BCUT2D eigenvalue weighted by Gasteiger charge is 2.10. The van der Waals surface area contributed by atoms with Gasteiger partial charge >= 0.3 is 5.97 Å². The van der Waals surface area contributed by atoms with E-state index in [1.807, 2.05) is 12.1 Å². The number of aromatic nitrogens is 2. The molecule has 1 heterocycles. The molecular weight excluding hydrogens is 517 g/mol. The van der Waals surface area contributed by atoms with E-state index in [1.165, 1.54) is 59.7 Å². The van der Waals surface area contributed by atoms with Crippen LogP contribution in [0, 0.1) is 0 Å². The van der Waals surface area contributed by atoms with Gasteiger partial charge in [-0.1, -0.05) is 77.3 Å². The summed E-state index contributed by atoms with van der Waals surface area (Å²) in [5, 5.41) is 14.9. The minimum atomic E-state index is -0.439. The molecule has 0 saturated carbocycles. The molecule has 4 aromatic rings. The Morgan fingerprint density at radius 1 is 1.03 bits per heavy atom. The van der Waals surface area contributed by atoms with E-state index < -0.39 is 5.97 Å². The van der Waals surface area contributed by atoms with Crippen LogP contribution in [-0.4, -0.2) is 41.2 Å². The lowest BCUT2D eigenvalue weighted by Gasteiger charge is -2.08. The maximum atomic E-state index is 12.2. The maximum absolute atomic E-state index is 12.2. The molecule has 0 saturated heterocycles. The van der Waals surface area contributed by atoms with Crippen molar-refractivity contribution in [2.75, 3.05) is 12.9 Å². The fraction of sp³-hybridized carbons (Fsp3) is 0.160. The van der Waals surface area contributed by atoms with Crippen molar-refractivity contribution >= 4 is 63.7 Å². The number of esters is 1. The molecule has 0 atom stereocenters. The number of carbonyl (C=O) groups excluding carboxylic acids is 2. The van der Waals surface area contributed by atoms with Crippen LogP contribution in [0.1, 0.15) is 18.1 Å². The molecule has 1 aromatic heterocycles. The standard InChI is InChI=1S/C25H22N4O4S3/c1-16(30)33-21-11-10-17(12-22(21)32-2)13-26-27-23(31)15-35-25-29-28-24(36-25)34-14-19-8-5-7-18-6-3-4-9-20(18)19/h3-13H,14-15H2,1-2H3,(H,27,31). The summed E-state index contributed by atoms with van der Waals surface area (Å²) in [5.74, 6) is 0.957. The third-order valence-electron chi connectivity index (χ3n) is 4.79. The van der Waals surface area contributed by atoms with Crippen LogP contribution < -0.4 is 14.9 Å². The summed E-state index contributed by atoms with van der Waals surface area (Å²) < 4.78 is 11.9. The number of benzene rings is 3. The fourth-order valence-electron chi connectivity index (χ4n) is 3.21. The number of methoxy groups -OCH3 is 1. The average molecular weight is 539 g/mol. The number of amides is 1. The Bertz CT molecular complexity index is 1400. The van der Waals surface area contributed by atoms with E-state index >= 15 is 0 Å². The summed E-state index contributed by atoms with van der Waals surface area (Å²) in [6.45, 7) is 1.32. The first kappa shape index (κ1) is 25.7. The first-order valence-corrected chi connectivity index (χ1v) is 13.5. The van der Waals surface area contributed by atoms with Crippen LogP contribution in [0.5, 0.6) is 11.5 Å². The Morgan fingerprint density at radius 3 is 2.61 bits per heavy atom. The quantitative estimate of drug-likeness (QED) is 0.0971. The van der Waals surface area contributed by atoms with Crippen LogP contribution >= 0.6 is 34.9 Å². The molecule has 0 spiro atoms. The number of nitrogens with one attached hydrogen (secondary N) is 1. The summed E-state index contributed by atoms with van der Waals surface area (Å²) in [5.41, 5.74) is 4.41. The van der Waals surface area contributed by atoms with Crippen LogP contribution in [0.2, 0.25) is 0 Å². The van der Waals surface area contributed by atoms with Crippen molar-refractivity contribution in [2.24, 2.45) is 5.10 Å². The molecule has 0 fully saturated rings. The highest BCUT2D eigenvalue weighted by molar-refractivity contribution is 8.03. The van der Waals surface area contributed by atoms with Crippen molar-refractivity contribution in [3.63, 3.8) is 0 Å². The van der Waals surface area contributed by atoms with Gasteiger partial charge in [-0.15, -0.1) is 10.2 Å². The number of hydrogen-bond donors (Lipinski definition) is 1. The molecule has 1 N–H and O–H groups in total. The molecule has 0 aliphatic carbocycles. The van der Waals surface area contributed by atoms with E-state index in [1.54, 1.807) is 30.0 Å².